The SMILES string of the molecule is CC(C)c1ccc(C(=O)N[C@H](c2ccccn2)C2CC(O)C2)c(=O)n1C. The second-order valence-corrected chi connectivity index (χ2v) is 7.28. The zero-order valence-electron chi connectivity index (χ0n) is 15.3. The van der Waals surface area contributed by atoms with Gasteiger partial charge in [-0.1, -0.05) is 19.9 Å². The number of rotatable bonds is 5. The van der Waals surface area contributed by atoms with Gasteiger partial charge in [0, 0.05) is 18.9 Å². The minimum atomic E-state index is -0.405. The summed E-state index contributed by atoms with van der Waals surface area (Å²) < 4.78 is 1.53. The highest BCUT2D eigenvalue weighted by Crippen LogP contribution is 2.37. The van der Waals surface area contributed by atoms with Crippen LogP contribution in [0, 0.1) is 5.92 Å². The Balaban J connectivity index is 1.87. The number of amides is 1. The van der Waals surface area contributed by atoms with Gasteiger partial charge in [-0.25, -0.2) is 0 Å². The van der Waals surface area contributed by atoms with Gasteiger partial charge in [0.25, 0.3) is 11.5 Å². The van der Waals surface area contributed by atoms with Crippen molar-refractivity contribution in [2.24, 2.45) is 13.0 Å². The van der Waals surface area contributed by atoms with E-state index in [1.54, 1.807) is 19.3 Å². The second-order valence-electron chi connectivity index (χ2n) is 7.28. The number of carbonyl (C=O) groups excluding carboxylic acids is 1. The molecule has 138 valence electrons. The highest BCUT2D eigenvalue weighted by atomic mass is 16.3. The summed E-state index contributed by atoms with van der Waals surface area (Å²) in [4.78, 5) is 29.8. The van der Waals surface area contributed by atoms with Crippen molar-refractivity contribution in [2.75, 3.05) is 0 Å². The molecule has 0 aliphatic heterocycles. The first-order valence-electron chi connectivity index (χ1n) is 8.98. The fourth-order valence-electron chi connectivity index (χ4n) is 3.52. The van der Waals surface area contributed by atoms with Crippen molar-refractivity contribution < 1.29 is 9.90 Å². The number of aromatic nitrogens is 2. The normalized spacial score (nSPS) is 20.5. The van der Waals surface area contributed by atoms with Gasteiger partial charge in [0.15, 0.2) is 0 Å². The van der Waals surface area contributed by atoms with Gasteiger partial charge in [-0.3, -0.25) is 14.6 Å². The Morgan fingerprint density at radius 3 is 2.58 bits per heavy atom. The summed E-state index contributed by atoms with van der Waals surface area (Å²) in [6.07, 6.45) is 2.58. The van der Waals surface area contributed by atoms with Crippen LogP contribution in [0.4, 0.5) is 0 Å². The molecule has 0 saturated heterocycles. The first-order chi connectivity index (χ1) is 12.4. The van der Waals surface area contributed by atoms with Crippen LogP contribution in [-0.4, -0.2) is 26.7 Å². The van der Waals surface area contributed by atoms with E-state index in [1.165, 1.54) is 4.57 Å². The van der Waals surface area contributed by atoms with E-state index in [1.807, 2.05) is 38.1 Å². The van der Waals surface area contributed by atoms with E-state index in [4.69, 9.17) is 0 Å². The van der Waals surface area contributed by atoms with Crippen LogP contribution in [0.2, 0.25) is 0 Å². The molecule has 1 aliphatic rings. The van der Waals surface area contributed by atoms with E-state index >= 15 is 0 Å². The first-order valence-corrected chi connectivity index (χ1v) is 8.98. The van der Waals surface area contributed by atoms with Crippen molar-refractivity contribution in [3.8, 4) is 0 Å². The third-order valence-electron chi connectivity index (χ3n) is 5.09. The Labute approximate surface area is 152 Å². The molecule has 2 N–H and O–H groups in total. The fourth-order valence-corrected chi connectivity index (χ4v) is 3.52. The van der Waals surface area contributed by atoms with Gasteiger partial charge in [-0.2, -0.15) is 0 Å². The lowest BCUT2D eigenvalue weighted by molar-refractivity contribution is 0.0228. The van der Waals surface area contributed by atoms with Gasteiger partial charge in [0.05, 0.1) is 17.8 Å². The predicted molar refractivity (Wildman–Crippen MR) is 98.9 cm³/mol. The molecule has 6 nitrogen and oxygen atoms in total. The molecule has 0 unspecified atom stereocenters. The Kier molecular flexibility index (Phi) is 5.23. The average molecular weight is 355 g/mol. The van der Waals surface area contributed by atoms with E-state index in [2.05, 4.69) is 10.3 Å². The molecular formula is C20H25N3O3. The number of carbonyl (C=O) groups is 1. The molecule has 26 heavy (non-hydrogen) atoms. The molecule has 1 fully saturated rings. The van der Waals surface area contributed by atoms with Crippen LogP contribution in [0.25, 0.3) is 0 Å². The highest BCUT2D eigenvalue weighted by Gasteiger charge is 2.36. The molecule has 6 heteroatoms. The van der Waals surface area contributed by atoms with Gasteiger partial charge in [0.1, 0.15) is 5.56 Å². The van der Waals surface area contributed by atoms with Crippen LogP contribution >= 0.6 is 0 Å². The van der Waals surface area contributed by atoms with Crippen molar-refractivity contribution in [2.45, 2.75) is 44.8 Å². The summed E-state index contributed by atoms with van der Waals surface area (Å²) >= 11 is 0. The number of hydrogen-bond donors (Lipinski definition) is 2. The zero-order chi connectivity index (χ0) is 18.8. The molecule has 1 aliphatic carbocycles. The van der Waals surface area contributed by atoms with Crippen molar-refractivity contribution in [1.82, 2.24) is 14.9 Å². The third kappa shape index (κ3) is 3.55. The number of pyridine rings is 2. The van der Waals surface area contributed by atoms with Gasteiger partial charge in [-0.05, 0) is 48.9 Å². The molecule has 2 aromatic rings. The summed E-state index contributed by atoms with van der Waals surface area (Å²) in [5.41, 5.74) is 1.45. The monoisotopic (exact) mass is 355 g/mol. The third-order valence-corrected chi connectivity index (χ3v) is 5.09. The largest absolute Gasteiger partial charge is 0.393 e. The summed E-state index contributed by atoms with van der Waals surface area (Å²) in [7, 11) is 1.69. The molecule has 0 radical (unpaired) electrons. The van der Waals surface area contributed by atoms with E-state index < -0.39 is 5.91 Å². The number of aliphatic hydroxyl groups is 1. The average Bonchev–Trinajstić information content (AvgIpc) is 2.59. The van der Waals surface area contributed by atoms with Crippen molar-refractivity contribution >= 4 is 5.91 Å². The van der Waals surface area contributed by atoms with Crippen LogP contribution in [0.3, 0.4) is 0 Å². The smallest absolute Gasteiger partial charge is 0.263 e. The Morgan fingerprint density at radius 1 is 1.27 bits per heavy atom. The van der Waals surface area contributed by atoms with E-state index in [-0.39, 0.29) is 35.1 Å². The number of hydrogen-bond acceptors (Lipinski definition) is 4. The lowest BCUT2D eigenvalue weighted by Gasteiger charge is -2.37. The van der Waals surface area contributed by atoms with Crippen LogP contribution in [0.15, 0.2) is 41.3 Å². The number of aliphatic hydroxyl groups excluding tert-OH is 1. The van der Waals surface area contributed by atoms with E-state index in [0.717, 1.165) is 11.4 Å². The summed E-state index contributed by atoms with van der Waals surface area (Å²) in [6, 6.07) is 8.64. The lowest BCUT2D eigenvalue weighted by atomic mass is 9.76. The molecule has 1 atom stereocenters. The molecule has 2 aromatic heterocycles. The van der Waals surface area contributed by atoms with E-state index in [0.29, 0.717) is 12.8 Å². The molecule has 2 heterocycles. The minimum absolute atomic E-state index is 0.114. The van der Waals surface area contributed by atoms with Crippen LogP contribution in [0.1, 0.15) is 60.4 Å². The van der Waals surface area contributed by atoms with Gasteiger partial charge in [-0.15, -0.1) is 0 Å². The van der Waals surface area contributed by atoms with Gasteiger partial charge >= 0.3 is 0 Å². The molecule has 0 bridgehead atoms. The maximum Gasteiger partial charge on any atom is 0.263 e. The number of nitrogens with zero attached hydrogens (tertiary/aromatic N) is 2. The van der Waals surface area contributed by atoms with Gasteiger partial charge < -0.3 is 15.0 Å². The Morgan fingerprint density at radius 2 is 2.00 bits per heavy atom. The quantitative estimate of drug-likeness (QED) is 0.861. The number of nitrogens with one attached hydrogen (secondary N) is 1. The summed E-state index contributed by atoms with van der Waals surface area (Å²) in [5, 5.41) is 12.6. The predicted octanol–water partition coefficient (Wildman–Crippen LogP) is 2.15. The molecule has 0 spiro atoms. The minimum Gasteiger partial charge on any atom is -0.393 e. The summed E-state index contributed by atoms with van der Waals surface area (Å²) in [5.74, 6) is -0.0943. The second kappa shape index (κ2) is 7.41. The summed E-state index contributed by atoms with van der Waals surface area (Å²) in [6.45, 7) is 4.01. The highest BCUT2D eigenvalue weighted by molar-refractivity contribution is 5.94. The maximum absolute atomic E-state index is 12.8. The standard InChI is InChI=1S/C20H25N3O3/c1-12(2)17-8-7-15(20(26)23(17)3)19(25)22-18(13-10-14(24)11-13)16-6-4-5-9-21-16/h4-9,12-14,18,24H,10-11H2,1-3H3,(H,22,25)/t13?,14?,18-/m0/s1. The molecule has 1 amide bonds. The van der Waals surface area contributed by atoms with Crippen LogP contribution in [-0.2, 0) is 7.05 Å². The lowest BCUT2D eigenvalue weighted by Crippen LogP contribution is -2.43. The molecule has 3 rings (SSSR count). The van der Waals surface area contributed by atoms with Gasteiger partial charge in [0.2, 0.25) is 0 Å². The first kappa shape index (κ1) is 18.3. The van der Waals surface area contributed by atoms with Crippen LogP contribution in [0.5, 0.6) is 0 Å². The van der Waals surface area contributed by atoms with Crippen LogP contribution < -0.4 is 10.9 Å². The fraction of sp³-hybridized carbons (Fsp3) is 0.450. The van der Waals surface area contributed by atoms with Crippen molar-refractivity contribution in [3.63, 3.8) is 0 Å². The zero-order valence-corrected chi connectivity index (χ0v) is 15.3. The Hall–Kier alpha value is -2.47. The van der Waals surface area contributed by atoms with E-state index in [9.17, 15) is 14.7 Å². The topological polar surface area (TPSA) is 84.2 Å². The molecule has 1 saturated carbocycles. The molecule has 0 aromatic carbocycles. The van der Waals surface area contributed by atoms with Crippen molar-refractivity contribution in [3.05, 3.63) is 63.8 Å². The molecular weight excluding hydrogens is 330 g/mol. The Bertz CT molecular complexity index is 839. The maximum atomic E-state index is 12.8. The van der Waals surface area contributed by atoms with Crippen molar-refractivity contribution in [1.29, 1.82) is 0 Å².